The molecule has 1 aliphatic heterocycles. The van der Waals surface area contributed by atoms with Crippen molar-refractivity contribution < 1.29 is 4.79 Å². The molecule has 16 heavy (non-hydrogen) atoms. The summed E-state index contributed by atoms with van der Waals surface area (Å²) in [7, 11) is 0. The summed E-state index contributed by atoms with van der Waals surface area (Å²) in [6.07, 6.45) is 3.52. The number of nitrogens with zero attached hydrogens (tertiary/aromatic N) is 1. The molecule has 1 aliphatic rings. The molecular formula is C12H25N3O. The van der Waals surface area contributed by atoms with Crippen molar-refractivity contribution in [2.45, 2.75) is 65.1 Å². The number of amides is 1. The van der Waals surface area contributed by atoms with Gasteiger partial charge in [-0.15, -0.1) is 0 Å². The van der Waals surface area contributed by atoms with Gasteiger partial charge in [0.05, 0.1) is 6.04 Å². The van der Waals surface area contributed by atoms with Gasteiger partial charge < -0.3 is 5.73 Å². The topological polar surface area (TPSA) is 58.4 Å². The van der Waals surface area contributed by atoms with Gasteiger partial charge in [0, 0.05) is 12.1 Å². The van der Waals surface area contributed by atoms with Crippen molar-refractivity contribution in [3.63, 3.8) is 0 Å². The average Bonchev–Trinajstić information content (AvgIpc) is 2.22. The lowest BCUT2D eigenvalue weighted by Gasteiger charge is -2.39. The first-order valence-corrected chi connectivity index (χ1v) is 6.28. The number of rotatable bonds is 3. The van der Waals surface area contributed by atoms with Crippen LogP contribution in [0.2, 0.25) is 0 Å². The third kappa shape index (κ3) is 3.19. The van der Waals surface area contributed by atoms with Crippen LogP contribution in [0.25, 0.3) is 0 Å². The van der Waals surface area contributed by atoms with Crippen molar-refractivity contribution in [1.82, 2.24) is 10.4 Å². The van der Waals surface area contributed by atoms with Gasteiger partial charge in [0.25, 0.3) is 5.91 Å². The molecule has 1 saturated heterocycles. The molecule has 0 aromatic carbocycles. The standard InChI is InChI=1S/C12H25N3O/c1-8(2)11(13)12(16)14-15-9(3)6-5-7-10(15)4/h8-11H,5-7,13H2,1-4H3,(H,14,16). The molecule has 1 rings (SSSR count). The van der Waals surface area contributed by atoms with Gasteiger partial charge >= 0.3 is 0 Å². The van der Waals surface area contributed by atoms with Crippen LogP contribution in [0.5, 0.6) is 0 Å². The first-order valence-electron chi connectivity index (χ1n) is 6.28. The van der Waals surface area contributed by atoms with Gasteiger partial charge in [0.15, 0.2) is 0 Å². The van der Waals surface area contributed by atoms with Crippen LogP contribution < -0.4 is 11.2 Å². The smallest absolute Gasteiger partial charge is 0.251 e. The maximum Gasteiger partial charge on any atom is 0.251 e. The Hall–Kier alpha value is -0.610. The van der Waals surface area contributed by atoms with E-state index in [1.54, 1.807) is 0 Å². The monoisotopic (exact) mass is 227 g/mol. The van der Waals surface area contributed by atoms with Gasteiger partial charge in [0.1, 0.15) is 0 Å². The van der Waals surface area contributed by atoms with Crippen LogP contribution >= 0.6 is 0 Å². The van der Waals surface area contributed by atoms with E-state index in [-0.39, 0.29) is 11.8 Å². The zero-order valence-corrected chi connectivity index (χ0v) is 10.9. The van der Waals surface area contributed by atoms with Gasteiger partial charge in [-0.05, 0) is 32.6 Å². The fraction of sp³-hybridized carbons (Fsp3) is 0.917. The summed E-state index contributed by atoms with van der Waals surface area (Å²) in [6, 6.07) is 0.403. The number of carbonyl (C=O) groups is 1. The van der Waals surface area contributed by atoms with Crippen molar-refractivity contribution in [2.75, 3.05) is 0 Å². The number of nitrogens with one attached hydrogen (secondary N) is 1. The molecule has 0 aromatic heterocycles. The maximum atomic E-state index is 11.9. The van der Waals surface area contributed by atoms with E-state index in [4.69, 9.17) is 5.73 Å². The second-order valence-electron chi connectivity index (χ2n) is 5.28. The van der Waals surface area contributed by atoms with E-state index in [0.717, 1.165) is 12.8 Å². The van der Waals surface area contributed by atoms with Crippen molar-refractivity contribution in [3.05, 3.63) is 0 Å². The molecule has 94 valence electrons. The van der Waals surface area contributed by atoms with Crippen molar-refractivity contribution in [1.29, 1.82) is 0 Å². The molecule has 3 N–H and O–H groups in total. The highest BCUT2D eigenvalue weighted by molar-refractivity contribution is 5.81. The largest absolute Gasteiger partial charge is 0.320 e. The van der Waals surface area contributed by atoms with E-state index in [9.17, 15) is 4.79 Å². The van der Waals surface area contributed by atoms with Gasteiger partial charge in [-0.1, -0.05) is 20.3 Å². The molecule has 0 radical (unpaired) electrons. The fourth-order valence-electron chi connectivity index (χ4n) is 2.15. The van der Waals surface area contributed by atoms with Crippen LogP contribution in [0, 0.1) is 5.92 Å². The van der Waals surface area contributed by atoms with Crippen molar-refractivity contribution in [3.8, 4) is 0 Å². The minimum Gasteiger partial charge on any atom is -0.320 e. The molecule has 0 saturated carbocycles. The lowest BCUT2D eigenvalue weighted by Crippen LogP contribution is -2.58. The minimum absolute atomic E-state index is 0.0596. The van der Waals surface area contributed by atoms with E-state index in [2.05, 4.69) is 24.3 Å². The van der Waals surface area contributed by atoms with E-state index >= 15 is 0 Å². The lowest BCUT2D eigenvalue weighted by molar-refractivity contribution is -0.131. The summed E-state index contributed by atoms with van der Waals surface area (Å²) in [5.41, 5.74) is 8.80. The Bertz CT molecular complexity index is 232. The number of hydrogen-bond acceptors (Lipinski definition) is 3. The summed E-state index contributed by atoms with van der Waals surface area (Å²) >= 11 is 0. The van der Waals surface area contributed by atoms with E-state index in [1.165, 1.54) is 6.42 Å². The molecule has 4 heteroatoms. The van der Waals surface area contributed by atoms with Gasteiger partial charge in [-0.2, -0.15) is 0 Å². The number of hydrogen-bond donors (Lipinski definition) is 2. The molecule has 0 bridgehead atoms. The Labute approximate surface area is 98.5 Å². The zero-order valence-electron chi connectivity index (χ0n) is 10.9. The van der Waals surface area contributed by atoms with Gasteiger partial charge in [0.2, 0.25) is 0 Å². The predicted octanol–water partition coefficient (Wildman–Crippen LogP) is 1.26. The lowest BCUT2D eigenvalue weighted by atomic mass is 9.99. The average molecular weight is 227 g/mol. The molecular weight excluding hydrogens is 202 g/mol. The molecule has 3 atom stereocenters. The van der Waals surface area contributed by atoms with E-state index in [0.29, 0.717) is 12.1 Å². The summed E-state index contributed by atoms with van der Waals surface area (Å²) in [5.74, 6) is 0.117. The summed E-state index contributed by atoms with van der Waals surface area (Å²) in [4.78, 5) is 11.9. The van der Waals surface area contributed by atoms with Crippen molar-refractivity contribution >= 4 is 5.91 Å². The highest BCUT2D eigenvalue weighted by atomic mass is 16.2. The quantitative estimate of drug-likeness (QED) is 0.763. The van der Waals surface area contributed by atoms with E-state index in [1.807, 2.05) is 13.8 Å². The van der Waals surface area contributed by atoms with Crippen LogP contribution in [0.15, 0.2) is 0 Å². The van der Waals surface area contributed by atoms with Crippen LogP contribution in [0.4, 0.5) is 0 Å². The molecule has 0 aliphatic carbocycles. The Kier molecular flexibility index (Phi) is 4.74. The number of nitrogens with two attached hydrogens (primary N) is 1. The normalized spacial score (nSPS) is 29.1. The Morgan fingerprint density at radius 3 is 2.25 bits per heavy atom. The van der Waals surface area contributed by atoms with E-state index < -0.39 is 6.04 Å². The van der Waals surface area contributed by atoms with Gasteiger partial charge in [-0.25, -0.2) is 5.01 Å². The first-order chi connectivity index (χ1) is 7.43. The zero-order chi connectivity index (χ0) is 12.3. The van der Waals surface area contributed by atoms with Crippen LogP contribution in [0.3, 0.4) is 0 Å². The molecule has 1 heterocycles. The number of piperidine rings is 1. The summed E-state index contributed by atoms with van der Waals surface area (Å²) < 4.78 is 0. The van der Waals surface area contributed by atoms with Crippen LogP contribution in [0.1, 0.15) is 47.0 Å². The summed E-state index contributed by atoms with van der Waals surface area (Å²) in [6.45, 7) is 8.23. The molecule has 1 amide bonds. The minimum atomic E-state index is -0.415. The molecule has 3 unspecified atom stereocenters. The number of carbonyl (C=O) groups excluding carboxylic acids is 1. The summed E-state index contributed by atoms with van der Waals surface area (Å²) in [5, 5.41) is 2.06. The molecule has 0 aromatic rings. The van der Waals surface area contributed by atoms with Crippen molar-refractivity contribution in [2.24, 2.45) is 11.7 Å². The Morgan fingerprint density at radius 1 is 1.31 bits per heavy atom. The second kappa shape index (κ2) is 5.64. The third-order valence-corrected chi connectivity index (χ3v) is 3.45. The number of hydrazine groups is 1. The third-order valence-electron chi connectivity index (χ3n) is 3.45. The van der Waals surface area contributed by atoms with Crippen LogP contribution in [-0.4, -0.2) is 29.0 Å². The first kappa shape index (κ1) is 13.5. The SMILES string of the molecule is CC(C)C(N)C(=O)NN1C(C)CCCC1C. The highest BCUT2D eigenvalue weighted by Crippen LogP contribution is 2.20. The van der Waals surface area contributed by atoms with Crippen LogP contribution in [-0.2, 0) is 4.79 Å². The Morgan fingerprint density at radius 2 is 1.81 bits per heavy atom. The molecule has 0 spiro atoms. The molecule has 1 fully saturated rings. The maximum absolute atomic E-state index is 11.9. The highest BCUT2D eigenvalue weighted by Gasteiger charge is 2.28. The second-order valence-corrected chi connectivity index (χ2v) is 5.28. The molecule has 4 nitrogen and oxygen atoms in total. The Balaban J connectivity index is 2.54. The van der Waals surface area contributed by atoms with Gasteiger partial charge in [-0.3, -0.25) is 10.2 Å². The predicted molar refractivity (Wildman–Crippen MR) is 65.6 cm³/mol. The fourth-order valence-corrected chi connectivity index (χ4v) is 2.15.